The smallest absolute Gasteiger partial charge is 0.252 e. The van der Waals surface area contributed by atoms with Gasteiger partial charge in [0, 0.05) is 56.0 Å². The molecule has 6 heterocycles. The van der Waals surface area contributed by atoms with Crippen molar-refractivity contribution in [2.75, 3.05) is 4.90 Å². The van der Waals surface area contributed by atoms with Crippen LogP contribution in [0.25, 0.3) is 77.3 Å². The fourth-order valence-electron chi connectivity index (χ4n) is 9.72. The zero-order valence-corrected chi connectivity index (χ0v) is 28.7. The summed E-state index contributed by atoms with van der Waals surface area (Å²) in [5, 5.41) is 4.53. The Morgan fingerprint density at radius 2 is 0.981 bits per heavy atom. The Kier molecular flexibility index (Phi) is 5.08. The molecule has 0 saturated heterocycles. The molecule has 0 amide bonds. The third kappa shape index (κ3) is 3.39. The Hall–Kier alpha value is -6.92. The molecular formula is C47H28BN3O2. The van der Waals surface area contributed by atoms with Crippen molar-refractivity contribution in [1.82, 2.24) is 9.13 Å². The largest absolute Gasteiger partial charge is 0.454 e. The maximum Gasteiger partial charge on any atom is 0.252 e. The van der Waals surface area contributed by atoms with Gasteiger partial charge in [0.05, 0.1) is 11.0 Å². The molecule has 2 aliphatic rings. The van der Waals surface area contributed by atoms with Crippen LogP contribution in [0.2, 0.25) is 0 Å². The summed E-state index contributed by atoms with van der Waals surface area (Å²) < 4.78 is 18.6. The lowest BCUT2D eigenvalue weighted by atomic mass is 9.34. The molecule has 0 atom stereocenters. The van der Waals surface area contributed by atoms with Crippen LogP contribution in [0.4, 0.5) is 17.1 Å². The number of furan rings is 2. The lowest BCUT2D eigenvalue weighted by Gasteiger charge is -2.33. The van der Waals surface area contributed by atoms with Crippen molar-refractivity contribution in [2.45, 2.75) is 6.92 Å². The number of para-hydroxylation sites is 5. The summed E-state index contributed by atoms with van der Waals surface area (Å²) in [6.07, 6.45) is 0. The van der Waals surface area contributed by atoms with E-state index in [1.54, 1.807) is 0 Å². The molecule has 7 aromatic carbocycles. The van der Waals surface area contributed by atoms with E-state index in [-0.39, 0.29) is 6.71 Å². The average Bonchev–Trinajstić information content (AvgIpc) is 3.94. The van der Waals surface area contributed by atoms with Crippen LogP contribution in [0.5, 0.6) is 0 Å². The van der Waals surface area contributed by atoms with E-state index in [1.807, 2.05) is 0 Å². The highest BCUT2D eigenvalue weighted by atomic mass is 16.3. The number of hydrogen-bond acceptors (Lipinski definition) is 3. The van der Waals surface area contributed by atoms with Gasteiger partial charge in [-0.1, -0.05) is 72.8 Å². The second kappa shape index (κ2) is 9.69. The van der Waals surface area contributed by atoms with Crippen LogP contribution in [0.15, 0.2) is 160 Å². The molecule has 0 aliphatic carbocycles. The normalized spacial score (nSPS) is 13.0. The van der Waals surface area contributed by atoms with Gasteiger partial charge in [-0.2, -0.15) is 0 Å². The van der Waals surface area contributed by atoms with E-state index < -0.39 is 0 Å². The first-order valence-electron chi connectivity index (χ1n) is 18.2. The van der Waals surface area contributed by atoms with Crippen molar-refractivity contribution >= 4 is 106 Å². The molecule has 11 aromatic rings. The monoisotopic (exact) mass is 677 g/mol. The molecule has 2 aliphatic heterocycles. The number of hydrogen-bond donors (Lipinski definition) is 0. The number of aryl methyl sites for hydroxylation is 1. The molecule has 0 fully saturated rings. The highest BCUT2D eigenvalue weighted by molar-refractivity contribution is 7.00. The summed E-state index contributed by atoms with van der Waals surface area (Å²) >= 11 is 0. The Labute approximate surface area is 303 Å². The van der Waals surface area contributed by atoms with E-state index in [0.29, 0.717) is 0 Å². The molecule has 0 saturated carbocycles. The van der Waals surface area contributed by atoms with Crippen LogP contribution in [-0.4, -0.2) is 15.8 Å². The number of rotatable bonds is 3. The Morgan fingerprint density at radius 1 is 0.453 bits per heavy atom. The number of anilines is 3. The summed E-state index contributed by atoms with van der Waals surface area (Å²) in [4.78, 5) is 2.29. The maximum atomic E-state index is 6.99. The SMILES string of the molecule is Cc1cc2c3c(c1)-n1c4c(cccc4c4oc5cc(N(c6ccccc6)c6ccccc6)ccc5c41)B3c1cccc3c4oc5ccccc5c4n-2c13. The second-order valence-corrected chi connectivity index (χ2v) is 14.6. The minimum Gasteiger partial charge on any atom is -0.454 e. The van der Waals surface area contributed by atoms with Gasteiger partial charge in [-0.15, -0.1) is 0 Å². The summed E-state index contributed by atoms with van der Waals surface area (Å²) in [5.41, 5.74) is 19.2. The lowest BCUT2D eigenvalue weighted by molar-refractivity contribution is 0.672. The highest BCUT2D eigenvalue weighted by Crippen LogP contribution is 2.45. The number of fused-ring (bicyclic) bond motifs is 14. The molecule has 5 nitrogen and oxygen atoms in total. The van der Waals surface area contributed by atoms with E-state index in [2.05, 4.69) is 173 Å². The molecule has 13 rings (SSSR count). The third-order valence-corrected chi connectivity index (χ3v) is 11.7. The minimum atomic E-state index is 0.0699. The fraction of sp³-hybridized carbons (Fsp3) is 0.0213. The minimum absolute atomic E-state index is 0.0699. The first-order valence-corrected chi connectivity index (χ1v) is 18.2. The summed E-state index contributed by atoms with van der Waals surface area (Å²) in [6, 6.07) is 54.4. The standard InChI is InChI=1S/C47H28BN3O2/c1-27-24-37-41-38(25-27)51-43-34(47-45(51)32-23-22-30(26-40(32)53-47)49(28-12-4-2-5-13-28)29-14-6-3-7-15-29)18-11-20-36(43)48(41)35-19-10-17-33-42(35)50(37)44-31-16-8-9-21-39(31)52-46(33)44/h2-26H,1H3. The summed E-state index contributed by atoms with van der Waals surface area (Å²) in [5.74, 6) is 0. The van der Waals surface area contributed by atoms with E-state index >= 15 is 0 Å². The second-order valence-electron chi connectivity index (χ2n) is 14.6. The van der Waals surface area contributed by atoms with Crippen molar-refractivity contribution in [2.24, 2.45) is 0 Å². The predicted octanol–water partition coefficient (Wildman–Crippen LogP) is 10.3. The van der Waals surface area contributed by atoms with E-state index in [4.69, 9.17) is 8.83 Å². The number of benzene rings is 7. The van der Waals surface area contributed by atoms with Crippen molar-refractivity contribution in [1.29, 1.82) is 0 Å². The van der Waals surface area contributed by atoms with Crippen LogP contribution >= 0.6 is 0 Å². The van der Waals surface area contributed by atoms with Gasteiger partial charge in [0.15, 0.2) is 11.2 Å². The third-order valence-electron chi connectivity index (χ3n) is 11.7. The van der Waals surface area contributed by atoms with Crippen LogP contribution < -0.4 is 21.3 Å². The maximum absolute atomic E-state index is 6.99. The Bertz CT molecular complexity index is 3330. The van der Waals surface area contributed by atoms with Gasteiger partial charge in [-0.25, -0.2) is 0 Å². The van der Waals surface area contributed by atoms with Gasteiger partial charge in [-0.3, -0.25) is 0 Å². The number of aromatic nitrogens is 2. The van der Waals surface area contributed by atoms with E-state index in [1.165, 1.54) is 44.4 Å². The lowest BCUT2D eigenvalue weighted by Crippen LogP contribution is -2.59. The molecule has 6 heteroatoms. The van der Waals surface area contributed by atoms with Crippen molar-refractivity contribution in [3.63, 3.8) is 0 Å². The van der Waals surface area contributed by atoms with Crippen LogP contribution in [0.3, 0.4) is 0 Å². The molecule has 0 N–H and O–H groups in total. The molecule has 0 spiro atoms. The summed E-state index contributed by atoms with van der Waals surface area (Å²) in [7, 11) is 0. The van der Waals surface area contributed by atoms with Crippen molar-refractivity contribution in [3.8, 4) is 11.4 Å². The quantitative estimate of drug-likeness (QED) is 0.175. The van der Waals surface area contributed by atoms with Gasteiger partial charge >= 0.3 is 0 Å². The number of nitrogens with zero attached hydrogens (tertiary/aromatic N) is 3. The van der Waals surface area contributed by atoms with Gasteiger partial charge in [-0.05, 0) is 102 Å². The molecule has 0 radical (unpaired) electrons. The fourth-order valence-corrected chi connectivity index (χ4v) is 9.72. The Morgan fingerprint density at radius 3 is 1.60 bits per heavy atom. The van der Waals surface area contributed by atoms with E-state index in [9.17, 15) is 0 Å². The summed E-state index contributed by atoms with van der Waals surface area (Å²) in [6.45, 7) is 2.29. The zero-order chi connectivity index (χ0) is 34.5. The van der Waals surface area contributed by atoms with Crippen LogP contribution in [0, 0.1) is 6.92 Å². The first kappa shape index (κ1) is 27.8. The van der Waals surface area contributed by atoms with Gasteiger partial charge in [0.25, 0.3) is 6.71 Å². The molecule has 4 aromatic heterocycles. The van der Waals surface area contributed by atoms with Crippen LogP contribution in [-0.2, 0) is 0 Å². The molecular weight excluding hydrogens is 649 g/mol. The van der Waals surface area contributed by atoms with Crippen molar-refractivity contribution in [3.05, 3.63) is 157 Å². The highest BCUT2D eigenvalue weighted by Gasteiger charge is 2.42. The van der Waals surface area contributed by atoms with Crippen molar-refractivity contribution < 1.29 is 8.83 Å². The first-order chi connectivity index (χ1) is 26.2. The molecule has 0 unspecified atom stereocenters. The zero-order valence-electron chi connectivity index (χ0n) is 28.7. The Balaban J connectivity index is 1.12. The predicted molar refractivity (Wildman–Crippen MR) is 219 cm³/mol. The van der Waals surface area contributed by atoms with Gasteiger partial charge in [0.2, 0.25) is 0 Å². The average molecular weight is 678 g/mol. The van der Waals surface area contributed by atoms with E-state index in [0.717, 1.165) is 72.0 Å². The van der Waals surface area contributed by atoms with Gasteiger partial charge in [0.1, 0.15) is 22.2 Å². The van der Waals surface area contributed by atoms with Gasteiger partial charge < -0.3 is 22.9 Å². The molecule has 0 bridgehead atoms. The van der Waals surface area contributed by atoms with Crippen LogP contribution in [0.1, 0.15) is 5.56 Å². The molecule has 53 heavy (non-hydrogen) atoms. The topological polar surface area (TPSA) is 39.4 Å². The molecule has 246 valence electrons.